The van der Waals surface area contributed by atoms with Crippen LogP contribution < -0.4 is 14.6 Å². The van der Waals surface area contributed by atoms with Gasteiger partial charge in [-0.05, 0) is 36.2 Å². The van der Waals surface area contributed by atoms with Gasteiger partial charge in [-0.1, -0.05) is 95.8 Å². The molecule has 1 N–H and O–H groups in total. The highest BCUT2D eigenvalue weighted by molar-refractivity contribution is 5.92. The first-order valence-electron chi connectivity index (χ1n) is 14.7. The number of anilines is 1. The summed E-state index contributed by atoms with van der Waals surface area (Å²) in [4.78, 5) is 12.6. The van der Waals surface area contributed by atoms with Crippen molar-refractivity contribution in [2.24, 2.45) is 7.05 Å². The lowest BCUT2D eigenvalue weighted by Crippen LogP contribution is -2.29. The van der Waals surface area contributed by atoms with Gasteiger partial charge in [0.2, 0.25) is 5.91 Å². The van der Waals surface area contributed by atoms with Crippen LogP contribution >= 0.6 is 0 Å². The molecule has 0 spiro atoms. The molecule has 5 heteroatoms. The smallest absolute Gasteiger partial charge is 0.258 e. The highest BCUT2D eigenvalue weighted by Crippen LogP contribution is 2.18. The predicted molar refractivity (Wildman–Crippen MR) is 157 cm³/mol. The van der Waals surface area contributed by atoms with Crippen LogP contribution in [0.5, 0.6) is 5.75 Å². The molecule has 1 amide bonds. The second kappa shape index (κ2) is 16.7. The molecule has 0 bridgehead atoms. The van der Waals surface area contributed by atoms with Crippen molar-refractivity contribution in [1.29, 1.82) is 0 Å². The van der Waals surface area contributed by atoms with Gasteiger partial charge >= 0.3 is 0 Å². The van der Waals surface area contributed by atoms with E-state index in [2.05, 4.69) is 28.3 Å². The molecule has 5 nitrogen and oxygen atoms in total. The Hall–Kier alpha value is -3.08. The Kier molecular flexibility index (Phi) is 13.0. The summed E-state index contributed by atoms with van der Waals surface area (Å²) in [6.45, 7) is 5.10. The first kappa shape index (κ1) is 29.5. The van der Waals surface area contributed by atoms with Gasteiger partial charge in [-0.25, -0.2) is 9.13 Å². The summed E-state index contributed by atoms with van der Waals surface area (Å²) >= 11 is 0. The van der Waals surface area contributed by atoms with E-state index in [1.807, 2.05) is 68.0 Å². The number of nitrogens with one attached hydrogen (secondary N) is 1. The van der Waals surface area contributed by atoms with E-state index in [-0.39, 0.29) is 5.91 Å². The Labute approximate surface area is 230 Å². The molecular weight excluding hydrogens is 470 g/mol. The van der Waals surface area contributed by atoms with Crippen molar-refractivity contribution in [3.8, 4) is 11.4 Å². The van der Waals surface area contributed by atoms with E-state index in [0.29, 0.717) is 6.42 Å². The Bertz CT molecular complexity index is 1090. The number of aromatic nitrogens is 2. The Morgan fingerprint density at radius 3 is 2.11 bits per heavy atom. The summed E-state index contributed by atoms with van der Waals surface area (Å²) in [5, 5.41) is 3.03. The van der Waals surface area contributed by atoms with Gasteiger partial charge in [-0.3, -0.25) is 4.79 Å². The van der Waals surface area contributed by atoms with E-state index in [1.165, 1.54) is 70.6 Å². The van der Waals surface area contributed by atoms with Gasteiger partial charge in [0.05, 0.1) is 20.1 Å². The zero-order chi connectivity index (χ0) is 27.0. The van der Waals surface area contributed by atoms with Crippen molar-refractivity contribution in [3.05, 3.63) is 72.3 Å². The largest absolute Gasteiger partial charge is 0.494 e. The van der Waals surface area contributed by atoms with Crippen LogP contribution in [0.4, 0.5) is 5.69 Å². The van der Waals surface area contributed by atoms with E-state index < -0.39 is 0 Å². The normalized spacial score (nSPS) is 11.0. The summed E-state index contributed by atoms with van der Waals surface area (Å²) in [6.07, 6.45) is 20.5. The van der Waals surface area contributed by atoms with E-state index in [1.54, 1.807) is 0 Å². The number of hydrogen-bond acceptors (Lipinski definition) is 2. The molecule has 2 aromatic carbocycles. The number of nitrogens with zero attached hydrogens (tertiary/aromatic N) is 2. The summed E-state index contributed by atoms with van der Waals surface area (Å²) in [7, 11) is 2.02. The lowest BCUT2D eigenvalue weighted by Gasteiger charge is -2.09. The molecule has 0 aliphatic heterocycles. The SMILES string of the molecule is CCCCCCCCCCCCCCOc1ccc(CC(=O)Nc2cccc(-n3cc[n+](C)c3C)c2)cc1. The van der Waals surface area contributed by atoms with Crippen molar-refractivity contribution in [2.75, 3.05) is 11.9 Å². The lowest BCUT2D eigenvalue weighted by molar-refractivity contribution is -0.677. The van der Waals surface area contributed by atoms with Crippen LogP contribution in [0.2, 0.25) is 0 Å². The van der Waals surface area contributed by atoms with Crippen LogP contribution in [0.15, 0.2) is 60.9 Å². The summed E-state index contributed by atoms with van der Waals surface area (Å²) in [5.74, 6) is 1.97. The fourth-order valence-corrected chi connectivity index (χ4v) is 4.79. The third-order valence-corrected chi connectivity index (χ3v) is 7.26. The lowest BCUT2D eigenvalue weighted by atomic mass is 10.1. The fourth-order valence-electron chi connectivity index (χ4n) is 4.79. The van der Waals surface area contributed by atoms with E-state index in [9.17, 15) is 4.79 Å². The van der Waals surface area contributed by atoms with Gasteiger partial charge in [0, 0.05) is 18.7 Å². The molecule has 0 aliphatic rings. The maximum Gasteiger partial charge on any atom is 0.258 e. The van der Waals surface area contributed by atoms with Gasteiger partial charge in [0.15, 0.2) is 0 Å². The first-order valence-corrected chi connectivity index (χ1v) is 14.7. The highest BCUT2D eigenvalue weighted by atomic mass is 16.5. The number of unbranched alkanes of at least 4 members (excludes halogenated alkanes) is 11. The van der Waals surface area contributed by atoms with Crippen LogP contribution in [0.25, 0.3) is 5.69 Å². The molecule has 206 valence electrons. The van der Waals surface area contributed by atoms with Crippen molar-refractivity contribution in [2.45, 2.75) is 97.3 Å². The Morgan fingerprint density at radius 1 is 0.868 bits per heavy atom. The Morgan fingerprint density at radius 2 is 1.50 bits per heavy atom. The van der Waals surface area contributed by atoms with Crippen LogP contribution in [0.3, 0.4) is 0 Å². The second-order valence-corrected chi connectivity index (χ2v) is 10.5. The highest BCUT2D eigenvalue weighted by Gasteiger charge is 2.12. The number of aryl methyl sites for hydroxylation is 1. The molecule has 38 heavy (non-hydrogen) atoms. The third-order valence-electron chi connectivity index (χ3n) is 7.26. The van der Waals surface area contributed by atoms with Crippen molar-refractivity contribution < 1.29 is 14.1 Å². The van der Waals surface area contributed by atoms with Crippen LogP contribution in [-0.4, -0.2) is 17.1 Å². The topological polar surface area (TPSA) is 47.1 Å². The molecule has 0 fully saturated rings. The summed E-state index contributed by atoms with van der Waals surface area (Å²) in [5.41, 5.74) is 2.80. The molecule has 0 unspecified atom stereocenters. The number of carbonyl (C=O) groups is 1. The number of rotatable bonds is 18. The van der Waals surface area contributed by atoms with Crippen molar-refractivity contribution in [1.82, 2.24) is 4.57 Å². The molecule has 3 rings (SSSR count). The average Bonchev–Trinajstić information content (AvgIpc) is 3.25. The number of benzene rings is 2. The predicted octanol–water partition coefficient (Wildman–Crippen LogP) is 7.87. The summed E-state index contributed by atoms with van der Waals surface area (Å²) < 4.78 is 10.1. The van der Waals surface area contributed by atoms with Crippen LogP contribution in [-0.2, 0) is 18.3 Å². The van der Waals surface area contributed by atoms with Gasteiger partial charge in [-0.2, -0.15) is 0 Å². The van der Waals surface area contributed by atoms with Gasteiger partial charge in [-0.15, -0.1) is 0 Å². The van der Waals surface area contributed by atoms with Crippen LogP contribution in [0.1, 0.15) is 95.4 Å². The first-order chi connectivity index (χ1) is 18.6. The maximum absolute atomic E-state index is 12.6. The van der Waals surface area contributed by atoms with E-state index in [0.717, 1.165) is 41.5 Å². The minimum atomic E-state index is -0.0258. The molecule has 3 aromatic rings. The standard InChI is InChI=1S/C33H47N3O2/c1-4-5-6-7-8-9-10-11-12-13-14-15-25-38-32-21-19-29(20-22-32)26-33(37)34-30-17-16-18-31(27-30)36-24-23-35(3)28(36)2/h16-24,27H,4-15,25-26H2,1-3H3/p+1. The molecule has 0 saturated carbocycles. The van der Waals surface area contributed by atoms with E-state index >= 15 is 0 Å². The molecule has 0 radical (unpaired) electrons. The Balaban J connectivity index is 1.28. The van der Waals surface area contributed by atoms with E-state index in [4.69, 9.17) is 4.74 Å². The molecule has 1 heterocycles. The second-order valence-electron chi connectivity index (χ2n) is 10.5. The third kappa shape index (κ3) is 10.4. The average molecular weight is 519 g/mol. The monoisotopic (exact) mass is 518 g/mol. The fraction of sp³-hybridized carbons (Fsp3) is 0.515. The number of carbonyl (C=O) groups excluding carboxylic acids is 1. The van der Waals surface area contributed by atoms with Crippen molar-refractivity contribution >= 4 is 11.6 Å². The zero-order valence-electron chi connectivity index (χ0n) is 23.9. The minimum absolute atomic E-state index is 0.0258. The molecule has 0 aliphatic carbocycles. The zero-order valence-corrected chi connectivity index (χ0v) is 23.9. The van der Waals surface area contributed by atoms with Gasteiger partial charge < -0.3 is 10.1 Å². The van der Waals surface area contributed by atoms with Crippen LogP contribution in [0, 0.1) is 6.92 Å². The number of imidazole rings is 1. The minimum Gasteiger partial charge on any atom is -0.494 e. The van der Waals surface area contributed by atoms with Gasteiger partial charge in [0.25, 0.3) is 5.82 Å². The number of ether oxygens (including phenoxy) is 1. The number of amides is 1. The number of hydrogen-bond donors (Lipinski definition) is 1. The molecular formula is C33H48N3O2+. The van der Waals surface area contributed by atoms with Crippen molar-refractivity contribution in [3.63, 3.8) is 0 Å². The van der Waals surface area contributed by atoms with Gasteiger partial charge in [0.1, 0.15) is 23.8 Å². The maximum atomic E-state index is 12.6. The molecule has 1 aromatic heterocycles. The quantitative estimate of drug-likeness (QED) is 0.138. The molecule has 0 atom stereocenters. The molecule has 0 saturated heterocycles. The summed E-state index contributed by atoms with van der Waals surface area (Å²) in [6, 6.07) is 15.8.